The van der Waals surface area contributed by atoms with Gasteiger partial charge in [0.2, 0.25) is 5.91 Å². The molecular weight excluding hydrogens is 242 g/mol. The monoisotopic (exact) mass is 269 g/mol. The third kappa shape index (κ3) is 2.86. The highest BCUT2D eigenvalue weighted by atomic mass is 28.4. The van der Waals surface area contributed by atoms with Crippen LogP contribution in [0.5, 0.6) is 0 Å². The largest absolute Gasteiger partial charge is 0.413 e. The minimum atomic E-state index is -1.81. The number of amides is 1. The summed E-state index contributed by atoms with van der Waals surface area (Å²) in [4.78, 5) is 11.7. The molecule has 0 aromatic heterocycles. The fourth-order valence-electron chi connectivity index (χ4n) is 1.94. The smallest absolute Gasteiger partial charge is 0.235 e. The molecule has 3 nitrogen and oxygen atoms in total. The van der Waals surface area contributed by atoms with Crippen molar-refractivity contribution in [3.05, 3.63) is 11.3 Å². The maximum atomic E-state index is 11.7. The SMILES string of the molecule is CC(C)=C1NC(=O)[C@@H]1[C@@H](C)O[Si](C)(C)C(C)(C)C. The standard InChI is InChI=1S/C14H27NO2Si/c1-9(2)12-11(13(16)15-12)10(3)17-18(7,8)14(4,5)6/h10-11H,1-8H3,(H,15,16)/t10-,11-/m1/s1. The van der Waals surface area contributed by atoms with E-state index >= 15 is 0 Å². The minimum absolute atomic E-state index is 0.0375. The average molecular weight is 269 g/mol. The Hall–Kier alpha value is -0.613. The molecule has 104 valence electrons. The van der Waals surface area contributed by atoms with Gasteiger partial charge in [0.15, 0.2) is 8.32 Å². The summed E-state index contributed by atoms with van der Waals surface area (Å²) in [5.41, 5.74) is 2.22. The van der Waals surface area contributed by atoms with Gasteiger partial charge in [0.05, 0.1) is 6.10 Å². The molecule has 0 aromatic carbocycles. The van der Waals surface area contributed by atoms with Gasteiger partial charge in [-0.15, -0.1) is 0 Å². The number of β-lactam (4-membered cyclic amide) rings is 1. The fourth-order valence-corrected chi connectivity index (χ4v) is 3.35. The molecule has 1 aliphatic heterocycles. The Morgan fingerprint density at radius 3 is 2.17 bits per heavy atom. The lowest BCUT2D eigenvalue weighted by Gasteiger charge is -2.43. The zero-order chi connectivity index (χ0) is 14.3. The van der Waals surface area contributed by atoms with E-state index in [9.17, 15) is 4.79 Å². The summed E-state index contributed by atoms with van der Waals surface area (Å²) in [5.74, 6) is 0.00142. The molecule has 1 aliphatic rings. The van der Waals surface area contributed by atoms with Gasteiger partial charge in [-0.3, -0.25) is 4.79 Å². The van der Waals surface area contributed by atoms with E-state index in [1.165, 1.54) is 5.57 Å². The average Bonchev–Trinajstić information content (AvgIpc) is 2.10. The molecule has 0 spiro atoms. The van der Waals surface area contributed by atoms with E-state index in [2.05, 4.69) is 39.2 Å². The highest BCUT2D eigenvalue weighted by Crippen LogP contribution is 2.39. The molecule has 1 saturated heterocycles. The Bertz CT molecular complexity index is 376. The molecule has 0 aliphatic carbocycles. The fraction of sp³-hybridized carbons (Fsp3) is 0.786. The van der Waals surface area contributed by atoms with E-state index in [0.717, 1.165) is 5.70 Å². The molecule has 0 unspecified atom stereocenters. The van der Waals surface area contributed by atoms with Crippen LogP contribution in [0.15, 0.2) is 11.3 Å². The summed E-state index contributed by atoms with van der Waals surface area (Å²) in [6.07, 6.45) is -0.0375. The predicted molar refractivity (Wildman–Crippen MR) is 77.8 cm³/mol. The maximum Gasteiger partial charge on any atom is 0.235 e. The molecule has 0 saturated carbocycles. The number of allylic oxidation sites excluding steroid dienone is 1. The van der Waals surface area contributed by atoms with E-state index in [-0.39, 0.29) is 23.0 Å². The second-order valence-electron chi connectivity index (χ2n) is 6.96. The highest BCUT2D eigenvalue weighted by molar-refractivity contribution is 6.74. The van der Waals surface area contributed by atoms with Gasteiger partial charge in [-0.1, -0.05) is 26.3 Å². The lowest BCUT2D eigenvalue weighted by molar-refractivity contribution is -0.131. The molecule has 2 atom stereocenters. The molecule has 1 N–H and O–H groups in total. The van der Waals surface area contributed by atoms with Crippen LogP contribution in [-0.2, 0) is 9.22 Å². The maximum absolute atomic E-state index is 11.7. The Kier molecular flexibility index (Phi) is 4.13. The third-order valence-electron chi connectivity index (χ3n) is 4.15. The van der Waals surface area contributed by atoms with Gasteiger partial charge >= 0.3 is 0 Å². The number of hydrogen-bond donors (Lipinski definition) is 1. The van der Waals surface area contributed by atoms with Crippen molar-refractivity contribution in [2.75, 3.05) is 0 Å². The Morgan fingerprint density at radius 2 is 1.83 bits per heavy atom. The van der Waals surface area contributed by atoms with Crippen LogP contribution in [0.2, 0.25) is 18.1 Å². The quantitative estimate of drug-likeness (QED) is 0.629. The first kappa shape index (κ1) is 15.4. The van der Waals surface area contributed by atoms with Crippen LogP contribution >= 0.6 is 0 Å². The summed E-state index contributed by atoms with van der Waals surface area (Å²) < 4.78 is 6.30. The Morgan fingerprint density at radius 1 is 1.33 bits per heavy atom. The molecule has 1 fully saturated rings. The molecule has 1 amide bonds. The van der Waals surface area contributed by atoms with Crippen LogP contribution in [-0.4, -0.2) is 20.3 Å². The van der Waals surface area contributed by atoms with E-state index in [4.69, 9.17) is 4.43 Å². The van der Waals surface area contributed by atoms with E-state index in [0.29, 0.717) is 0 Å². The van der Waals surface area contributed by atoms with Crippen molar-refractivity contribution >= 4 is 14.2 Å². The number of rotatable bonds is 3. The van der Waals surface area contributed by atoms with Gasteiger partial charge in [0.25, 0.3) is 0 Å². The third-order valence-corrected chi connectivity index (χ3v) is 8.72. The summed E-state index contributed by atoms with van der Waals surface area (Å²) >= 11 is 0. The number of carbonyl (C=O) groups is 1. The van der Waals surface area contributed by atoms with Gasteiger partial charge < -0.3 is 9.74 Å². The Labute approximate surface area is 112 Å². The summed E-state index contributed by atoms with van der Waals surface area (Å²) in [5, 5.41) is 3.05. The van der Waals surface area contributed by atoms with Crippen molar-refractivity contribution < 1.29 is 9.22 Å². The molecule has 0 radical (unpaired) electrons. The van der Waals surface area contributed by atoms with Crippen molar-refractivity contribution in [3.63, 3.8) is 0 Å². The van der Waals surface area contributed by atoms with Crippen LogP contribution in [0.25, 0.3) is 0 Å². The Balaban J connectivity index is 2.81. The van der Waals surface area contributed by atoms with Crippen LogP contribution < -0.4 is 5.32 Å². The summed E-state index contributed by atoms with van der Waals surface area (Å²) in [6, 6.07) is 0. The van der Waals surface area contributed by atoms with Crippen molar-refractivity contribution in [1.29, 1.82) is 0 Å². The zero-order valence-corrected chi connectivity index (χ0v) is 14.0. The summed E-state index contributed by atoms with van der Waals surface area (Å²) in [7, 11) is -1.81. The second kappa shape index (κ2) is 4.81. The molecule has 4 heteroatoms. The van der Waals surface area contributed by atoms with Crippen molar-refractivity contribution in [2.24, 2.45) is 5.92 Å². The molecule has 1 rings (SSSR count). The molecule has 1 heterocycles. The molecular formula is C14H27NO2Si. The molecule has 0 aromatic rings. The van der Waals surface area contributed by atoms with Crippen molar-refractivity contribution in [1.82, 2.24) is 5.32 Å². The highest BCUT2D eigenvalue weighted by Gasteiger charge is 2.45. The molecule has 18 heavy (non-hydrogen) atoms. The zero-order valence-electron chi connectivity index (χ0n) is 13.0. The first-order valence-electron chi connectivity index (χ1n) is 6.63. The second-order valence-corrected chi connectivity index (χ2v) is 11.7. The topological polar surface area (TPSA) is 38.3 Å². The number of carbonyl (C=O) groups excluding carboxylic acids is 1. The van der Waals surface area contributed by atoms with Crippen LogP contribution in [0, 0.1) is 5.92 Å². The lowest BCUT2D eigenvalue weighted by atomic mass is 9.89. The van der Waals surface area contributed by atoms with Crippen LogP contribution in [0.1, 0.15) is 41.5 Å². The minimum Gasteiger partial charge on any atom is -0.413 e. The van der Waals surface area contributed by atoms with Crippen LogP contribution in [0.4, 0.5) is 0 Å². The first-order valence-corrected chi connectivity index (χ1v) is 9.54. The van der Waals surface area contributed by atoms with E-state index in [1.54, 1.807) is 0 Å². The van der Waals surface area contributed by atoms with E-state index < -0.39 is 8.32 Å². The lowest BCUT2D eigenvalue weighted by Crippen LogP contribution is -2.55. The van der Waals surface area contributed by atoms with Gasteiger partial charge in [0, 0.05) is 5.70 Å². The predicted octanol–water partition coefficient (Wildman–Crippen LogP) is 3.44. The number of hydrogen-bond acceptors (Lipinski definition) is 2. The normalized spacial score (nSPS) is 22.3. The number of nitrogens with one attached hydrogen (secondary N) is 1. The molecule has 0 bridgehead atoms. The van der Waals surface area contributed by atoms with Gasteiger partial charge in [-0.25, -0.2) is 0 Å². The summed E-state index contributed by atoms with van der Waals surface area (Å²) in [6.45, 7) is 17.2. The van der Waals surface area contributed by atoms with Crippen molar-refractivity contribution in [2.45, 2.75) is 65.8 Å². The van der Waals surface area contributed by atoms with Gasteiger partial charge in [0.1, 0.15) is 5.92 Å². The van der Waals surface area contributed by atoms with Crippen molar-refractivity contribution in [3.8, 4) is 0 Å². The van der Waals surface area contributed by atoms with Crippen LogP contribution in [0.3, 0.4) is 0 Å². The van der Waals surface area contributed by atoms with Gasteiger partial charge in [-0.05, 0) is 38.9 Å². The van der Waals surface area contributed by atoms with E-state index in [1.807, 2.05) is 20.8 Å². The van der Waals surface area contributed by atoms with Gasteiger partial charge in [-0.2, -0.15) is 0 Å². The first-order chi connectivity index (χ1) is 7.97.